The Hall–Kier alpha value is -5.03. The fourth-order valence-corrected chi connectivity index (χ4v) is 4.49. The zero-order valence-corrected chi connectivity index (χ0v) is 22.2. The van der Waals surface area contributed by atoms with Crippen LogP contribution in [0.3, 0.4) is 0 Å². The van der Waals surface area contributed by atoms with E-state index in [1.54, 1.807) is 62.8 Å². The lowest BCUT2D eigenvalue weighted by Crippen LogP contribution is -2.19. The summed E-state index contributed by atoms with van der Waals surface area (Å²) in [5.41, 5.74) is 5.76. The van der Waals surface area contributed by atoms with Crippen molar-refractivity contribution in [2.75, 3.05) is 19.5 Å². The second-order valence-electron chi connectivity index (χ2n) is 8.11. The number of nitro benzene ring substituents is 1. The normalized spacial score (nSPS) is 11.3. The predicted octanol–water partition coefficient (Wildman–Crippen LogP) is 5.97. The molecule has 0 fully saturated rings. The number of thiazole rings is 1. The van der Waals surface area contributed by atoms with E-state index in [9.17, 15) is 14.9 Å². The van der Waals surface area contributed by atoms with Gasteiger partial charge in [0.25, 0.3) is 11.6 Å². The van der Waals surface area contributed by atoms with E-state index in [2.05, 4.69) is 20.8 Å². The standard InChI is InChI=1S/C28H25N5O5S/c1-18-26(39-28(29-18)30-21-11-13-22(14-12-21)33(35)36)23(31-32-27(34)20-7-5-4-6-8-20)15-9-19-10-16-24(37-2)25(17-19)38-3/h4-17H,1-3H3,(H,29,30)(H,32,34)/b15-9+,31-23-. The highest BCUT2D eigenvalue weighted by Gasteiger charge is 2.14. The maximum Gasteiger partial charge on any atom is 0.271 e. The van der Waals surface area contributed by atoms with Crippen molar-refractivity contribution >= 4 is 45.5 Å². The van der Waals surface area contributed by atoms with Gasteiger partial charge in [0.1, 0.15) is 5.71 Å². The first kappa shape index (κ1) is 27.0. The van der Waals surface area contributed by atoms with E-state index in [-0.39, 0.29) is 11.6 Å². The lowest BCUT2D eigenvalue weighted by molar-refractivity contribution is -0.384. The molecule has 2 N–H and O–H groups in total. The molecular weight excluding hydrogens is 518 g/mol. The molecule has 0 aliphatic heterocycles. The average Bonchev–Trinajstić information content (AvgIpc) is 3.32. The summed E-state index contributed by atoms with van der Waals surface area (Å²) >= 11 is 1.34. The van der Waals surface area contributed by atoms with Crippen molar-refractivity contribution in [1.29, 1.82) is 0 Å². The molecule has 0 unspecified atom stereocenters. The molecule has 4 aromatic rings. The van der Waals surface area contributed by atoms with E-state index in [4.69, 9.17) is 9.47 Å². The van der Waals surface area contributed by atoms with Crippen LogP contribution < -0.4 is 20.2 Å². The van der Waals surface area contributed by atoms with E-state index >= 15 is 0 Å². The van der Waals surface area contributed by atoms with E-state index in [1.165, 1.54) is 23.5 Å². The highest BCUT2D eigenvalue weighted by molar-refractivity contribution is 7.17. The van der Waals surface area contributed by atoms with Gasteiger partial charge in [0.05, 0.1) is 29.7 Å². The second-order valence-corrected chi connectivity index (χ2v) is 9.11. The van der Waals surface area contributed by atoms with Crippen LogP contribution in [0.15, 0.2) is 84.0 Å². The molecule has 0 atom stereocenters. The number of allylic oxidation sites excluding steroid dienone is 1. The van der Waals surface area contributed by atoms with Crippen LogP contribution in [0.4, 0.5) is 16.5 Å². The summed E-state index contributed by atoms with van der Waals surface area (Å²) in [5.74, 6) is 0.844. The Balaban J connectivity index is 1.64. The smallest absolute Gasteiger partial charge is 0.271 e. The Kier molecular flexibility index (Phi) is 8.64. The minimum absolute atomic E-state index is 0.000403. The summed E-state index contributed by atoms with van der Waals surface area (Å²) in [6, 6.07) is 20.4. The number of hydrogen-bond donors (Lipinski definition) is 2. The molecule has 0 aliphatic carbocycles. The number of non-ortho nitro benzene ring substituents is 1. The molecule has 1 heterocycles. The zero-order valence-electron chi connectivity index (χ0n) is 21.4. The van der Waals surface area contributed by atoms with E-state index in [0.29, 0.717) is 39.3 Å². The molecule has 11 heteroatoms. The molecule has 0 saturated carbocycles. The number of nitrogens with zero attached hydrogens (tertiary/aromatic N) is 3. The lowest BCUT2D eigenvalue weighted by Gasteiger charge is -2.08. The van der Waals surface area contributed by atoms with Crippen LogP contribution >= 0.6 is 11.3 Å². The van der Waals surface area contributed by atoms with Gasteiger partial charge >= 0.3 is 0 Å². The molecule has 198 valence electrons. The Morgan fingerprint density at radius 2 is 1.74 bits per heavy atom. The first-order valence-electron chi connectivity index (χ1n) is 11.7. The summed E-state index contributed by atoms with van der Waals surface area (Å²) in [6.45, 7) is 1.84. The molecule has 1 aromatic heterocycles. The van der Waals surface area contributed by atoms with Crippen LogP contribution in [0.2, 0.25) is 0 Å². The number of aromatic nitrogens is 1. The molecule has 0 aliphatic rings. The molecular formula is C28H25N5O5S. The van der Waals surface area contributed by atoms with E-state index in [1.807, 2.05) is 31.2 Å². The minimum atomic E-state index is -0.452. The molecule has 4 rings (SSSR count). The molecule has 39 heavy (non-hydrogen) atoms. The number of carbonyl (C=O) groups excluding carboxylic acids is 1. The highest BCUT2D eigenvalue weighted by Crippen LogP contribution is 2.30. The van der Waals surface area contributed by atoms with Gasteiger partial charge in [-0.3, -0.25) is 14.9 Å². The average molecular weight is 544 g/mol. The maximum absolute atomic E-state index is 12.7. The van der Waals surface area contributed by atoms with Gasteiger partial charge < -0.3 is 14.8 Å². The number of nitrogens with one attached hydrogen (secondary N) is 2. The largest absolute Gasteiger partial charge is 0.493 e. The molecule has 0 radical (unpaired) electrons. The number of hydrogen-bond acceptors (Lipinski definition) is 9. The Labute approximate surface area is 228 Å². The molecule has 10 nitrogen and oxygen atoms in total. The monoisotopic (exact) mass is 543 g/mol. The highest BCUT2D eigenvalue weighted by atomic mass is 32.1. The number of carbonyl (C=O) groups is 1. The third-order valence-corrected chi connectivity index (χ3v) is 6.61. The first-order valence-corrected chi connectivity index (χ1v) is 12.5. The number of anilines is 2. The summed E-state index contributed by atoms with van der Waals surface area (Å²) < 4.78 is 10.7. The van der Waals surface area contributed by atoms with Gasteiger partial charge in [0.15, 0.2) is 16.6 Å². The van der Waals surface area contributed by atoms with Crippen molar-refractivity contribution in [1.82, 2.24) is 10.4 Å². The van der Waals surface area contributed by atoms with E-state index < -0.39 is 4.92 Å². The van der Waals surface area contributed by atoms with Gasteiger partial charge in [0.2, 0.25) is 0 Å². The van der Waals surface area contributed by atoms with Gasteiger partial charge in [-0.1, -0.05) is 41.7 Å². The lowest BCUT2D eigenvalue weighted by atomic mass is 10.1. The van der Waals surface area contributed by atoms with Gasteiger partial charge in [-0.15, -0.1) is 0 Å². The summed E-state index contributed by atoms with van der Waals surface area (Å²) in [4.78, 5) is 28.5. The third-order valence-electron chi connectivity index (χ3n) is 5.51. The third kappa shape index (κ3) is 6.84. The van der Waals surface area contributed by atoms with Gasteiger partial charge in [-0.05, 0) is 55.0 Å². The topological polar surface area (TPSA) is 128 Å². The molecule has 0 bridgehead atoms. The molecule has 1 amide bonds. The van der Waals surface area contributed by atoms with Crippen LogP contribution in [0, 0.1) is 17.0 Å². The number of aryl methyl sites for hydroxylation is 1. The number of nitro groups is 1. The maximum atomic E-state index is 12.7. The van der Waals surface area contributed by atoms with Gasteiger partial charge in [0, 0.05) is 23.4 Å². The number of ether oxygens (including phenoxy) is 2. The van der Waals surface area contributed by atoms with Crippen LogP contribution in [0.5, 0.6) is 11.5 Å². The van der Waals surface area contributed by atoms with Crippen LogP contribution in [0.25, 0.3) is 6.08 Å². The Morgan fingerprint density at radius 1 is 1.03 bits per heavy atom. The second kappa shape index (κ2) is 12.5. The van der Waals surface area contributed by atoms with Gasteiger partial charge in [-0.2, -0.15) is 5.10 Å². The molecule has 3 aromatic carbocycles. The SMILES string of the molecule is COc1ccc(/C=C/C(=N/NC(=O)c2ccccc2)c2sc(Nc3ccc([N+](=O)[O-])cc3)nc2C)cc1OC. The number of rotatable bonds is 10. The fraction of sp³-hybridized carbons (Fsp3) is 0.107. The van der Waals surface area contributed by atoms with Crippen molar-refractivity contribution in [2.24, 2.45) is 5.10 Å². The fourth-order valence-electron chi connectivity index (χ4n) is 3.54. The number of benzene rings is 3. The summed E-state index contributed by atoms with van der Waals surface area (Å²) in [7, 11) is 3.14. The minimum Gasteiger partial charge on any atom is -0.493 e. The van der Waals surface area contributed by atoms with Crippen molar-refractivity contribution in [3.8, 4) is 11.5 Å². The van der Waals surface area contributed by atoms with Crippen LogP contribution in [-0.2, 0) is 0 Å². The predicted molar refractivity (Wildman–Crippen MR) is 152 cm³/mol. The van der Waals surface area contributed by atoms with Crippen molar-refractivity contribution < 1.29 is 19.2 Å². The summed E-state index contributed by atoms with van der Waals surface area (Å²) in [5, 5.41) is 19.1. The number of methoxy groups -OCH3 is 2. The Bertz CT molecular complexity index is 1530. The summed E-state index contributed by atoms with van der Waals surface area (Å²) in [6.07, 6.45) is 3.63. The quantitative estimate of drug-likeness (QED) is 0.143. The first-order chi connectivity index (χ1) is 18.9. The van der Waals surface area contributed by atoms with Crippen molar-refractivity contribution in [3.63, 3.8) is 0 Å². The molecule has 0 spiro atoms. The Morgan fingerprint density at radius 3 is 2.41 bits per heavy atom. The van der Waals surface area contributed by atoms with Crippen molar-refractivity contribution in [3.05, 3.63) is 111 Å². The van der Waals surface area contributed by atoms with Gasteiger partial charge in [-0.25, -0.2) is 10.4 Å². The van der Waals surface area contributed by atoms with Crippen LogP contribution in [-0.4, -0.2) is 35.7 Å². The van der Waals surface area contributed by atoms with Crippen molar-refractivity contribution in [2.45, 2.75) is 6.92 Å². The van der Waals surface area contributed by atoms with E-state index in [0.717, 1.165) is 10.4 Å². The number of hydrazone groups is 1. The zero-order chi connectivity index (χ0) is 27.8. The van der Waals surface area contributed by atoms with Crippen LogP contribution in [0.1, 0.15) is 26.5 Å². The number of amides is 1. The molecule has 0 saturated heterocycles.